The molecule has 0 saturated heterocycles. The Morgan fingerprint density at radius 1 is 1.54 bits per heavy atom. The number of rotatable bonds is 3. The molecule has 0 saturated carbocycles. The molecule has 2 N–H and O–H groups in total. The van der Waals surface area contributed by atoms with Crippen molar-refractivity contribution in [3.63, 3.8) is 0 Å². The van der Waals surface area contributed by atoms with Gasteiger partial charge in [0.2, 0.25) is 0 Å². The van der Waals surface area contributed by atoms with Crippen LogP contribution in [0.2, 0.25) is 0 Å². The minimum Gasteiger partial charge on any atom is -0.508 e. The molecule has 0 fully saturated rings. The zero-order valence-electron chi connectivity index (χ0n) is 7.40. The maximum atomic E-state index is 10.7. The van der Waals surface area contributed by atoms with Crippen molar-refractivity contribution in [1.82, 2.24) is 0 Å². The Balaban J connectivity index is 2.76. The number of phenols is 1. The predicted molar refractivity (Wildman–Crippen MR) is 48.4 cm³/mol. The molecular weight excluding hydrogens is 168 g/mol. The average molecular weight is 180 g/mol. The van der Waals surface area contributed by atoms with Gasteiger partial charge in [0, 0.05) is 6.42 Å². The van der Waals surface area contributed by atoms with Gasteiger partial charge in [-0.15, -0.1) is 0 Å². The van der Waals surface area contributed by atoms with E-state index < -0.39 is 6.10 Å². The zero-order chi connectivity index (χ0) is 9.84. The van der Waals surface area contributed by atoms with Crippen LogP contribution in [0.15, 0.2) is 24.3 Å². The third-order valence-electron chi connectivity index (χ3n) is 1.74. The fourth-order valence-corrected chi connectivity index (χ4v) is 1.12. The molecule has 0 amide bonds. The van der Waals surface area contributed by atoms with Crippen molar-refractivity contribution in [2.75, 3.05) is 0 Å². The van der Waals surface area contributed by atoms with Crippen molar-refractivity contribution < 1.29 is 15.0 Å². The summed E-state index contributed by atoms with van der Waals surface area (Å²) < 4.78 is 0. The molecule has 0 spiro atoms. The van der Waals surface area contributed by atoms with Crippen LogP contribution in [0.25, 0.3) is 0 Å². The molecule has 1 unspecified atom stereocenters. The summed E-state index contributed by atoms with van der Waals surface area (Å²) in [4.78, 5) is 10.7. The van der Waals surface area contributed by atoms with E-state index in [-0.39, 0.29) is 18.0 Å². The van der Waals surface area contributed by atoms with Crippen molar-refractivity contribution in [2.24, 2.45) is 0 Å². The van der Waals surface area contributed by atoms with Gasteiger partial charge in [0.1, 0.15) is 11.5 Å². The summed E-state index contributed by atoms with van der Waals surface area (Å²) >= 11 is 0. The van der Waals surface area contributed by atoms with Gasteiger partial charge in [-0.3, -0.25) is 4.79 Å². The third kappa shape index (κ3) is 2.87. The number of phenolic OH excluding ortho intramolecular Hbond substituents is 1. The Morgan fingerprint density at radius 2 is 2.23 bits per heavy atom. The number of aromatic hydroxyl groups is 1. The first-order chi connectivity index (χ1) is 6.09. The van der Waals surface area contributed by atoms with Crippen LogP contribution < -0.4 is 0 Å². The first kappa shape index (κ1) is 9.74. The van der Waals surface area contributed by atoms with E-state index in [1.165, 1.54) is 19.1 Å². The van der Waals surface area contributed by atoms with Crippen LogP contribution in [0.3, 0.4) is 0 Å². The summed E-state index contributed by atoms with van der Waals surface area (Å²) in [5.41, 5.74) is 0.565. The lowest BCUT2D eigenvalue weighted by atomic mass is 10.0. The van der Waals surface area contributed by atoms with Gasteiger partial charge >= 0.3 is 0 Å². The van der Waals surface area contributed by atoms with E-state index in [4.69, 9.17) is 5.11 Å². The van der Waals surface area contributed by atoms with Crippen molar-refractivity contribution in [3.05, 3.63) is 29.8 Å². The molecule has 0 aromatic heterocycles. The standard InChI is InChI=1S/C10H12O3/c1-7(11)5-10(13)8-3-2-4-9(12)6-8/h2-4,6,10,12-13H,5H2,1H3. The number of benzene rings is 1. The number of carbonyl (C=O) groups is 1. The lowest BCUT2D eigenvalue weighted by molar-refractivity contribution is -0.118. The lowest BCUT2D eigenvalue weighted by Gasteiger charge is -2.08. The van der Waals surface area contributed by atoms with Gasteiger partial charge in [-0.25, -0.2) is 0 Å². The minimum atomic E-state index is -0.815. The number of aliphatic hydroxyl groups excluding tert-OH is 1. The third-order valence-corrected chi connectivity index (χ3v) is 1.74. The Morgan fingerprint density at radius 3 is 2.77 bits per heavy atom. The highest BCUT2D eigenvalue weighted by atomic mass is 16.3. The van der Waals surface area contributed by atoms with Gasteiger partial charge in [0.05, 0.1) is 6.10 Å². The normalized spacial score (nSPS) is 12.5. The van der Waals surface area contributed by atoms with E-state index >= 15 is 0 Å². The maximum Gasteiger partial charge on any atom is 0.132 e. The molecule has 0 aliphatic rings. The highest BCUT2D eigenvalue weighted by Crippen LogP contribution is 2.20. The Kier molecular flexibility index (Phi) is 3.03. The fourth-order valence-electron chi connectivity index (χ4n) is 1.12. The molecule has 1 aromatic carbocycles. The topological polar surface area (TPSA) is 57.5 Å². The minimum absolute atomic E-state index is 0.0733. The summed E-state index contributed by atoms with van der Waals surface area (Å²) in [5, 5.41) is 18.6. The van der Waals surface area contributed by atoms with Crippen molar-refractivity contribution in [1.29, 1.82) is 0 Å². The highest BCUT2D eigenvalue weighted by molar-refractivity contribution is 5.76. The maximum absolute atomic E-state index is 10.7. The molecule has 13 heavy (non-hydrogen) atoms. The number of Topliss-reactive ketones (excluding diaryl/α,β-unsaturated/α-hetero) is 1. The molecule has 0 bridgehead atoms. The largest absolute Gasteiger partial charge is 0.508 e. The summed E-state index contributed by atoms with van der Waals surface area (Å²) in [6.07, 6.45) is -0.728. The van der Waals surface area contributed by atoms with E-state index in [0.717, 1.165) is 0 Å². The van der Waals surface area contributed by atoms with Gasteiger partial charge in [-0.2, -0.15) is 0 Å². The molecule has 0 aliphatic heterocycles. The SMILES string of the molecule is CC(=O)CC(O)c1cccc(O)c1. The second-order valence-corrected chi connectivity index (χ2v) is 3.02. The smallest absolute Gasteiger partial charge is 0.132 e. The number of hydrogen-bond donors (Lipinski definition) is 2. The summed E-state index contributed by atoms with van der Waals surface area (Å²) in [5.74, 6) is 0.0240. The van der Waals surface area contributed by atoms with Gasteiger partial charge in [-0.05, 0) is 24.6 Å². The number of carbonyl (C=O) groups excluding carboxylic acids is 1. The molecular formula is C10H12O3. The molecule has 3 nitrogen and oxygen atoms in total. The van der Waals surface area contributed by atoms with Crippen LogP contribution in [-0.4, -0.2) is 16.0 Å². The van der Waals surface area contributed by atoms with Gasteiger partial charge < -0.3 is 10.2 Å². The molecule has 1 atom stereocenters. The molecule has 0 aliphatic carbocycles. The van der Waals surface area contributed by atoms with Gasteiger partial charge in [0.25, 0.3) is 0 Å². The molecule has 0 radical (unpaired) electrons. The van der Waals surface area contributed by atoms with Crippen molar-refractivity contribution in [2.45, 2.75) is 19.4 Å². The molecule has 1 aromatic rings. The van der Waals surface area contributed by atoms with Crippen LogP contribution in [-0.2, 0) is 4.79 Å². The first-order valence-electron chi connectivity index (χ1n) is 4.06. The van der Waals surface area contributed by atoms with Crippen LogP contribution in [0, 0.1) is 0 Å². The lowest BCUT2D eigenvalue weighted by Crippen LogP contribution is -2.02. The van der Waals surface area contributed by atoms with Gasteiger partial charge in [0.15, 0.2) is 0 Å². The molecule has 1 rings (SSSR count). The summed E-state index contributed by atoms with van der Waals surface area (Å²) in [6, 6.07) is 6.28. The Bertz CT molecular complexity index is 307. The van der Waals surface area contributed by atoms with E-state index in [2.05, 4.69) is 0 Å². The number of hydrogen-bond acceptors (Lipinski definition) is 3. The number of ketones is 1. The van der Waals surface area contributed by atoms with Crippen molar-refractivity contribution >= 4 is 5.78 Å². The molecule has 3 heteroatoms. The molecule has 0 heterocycles. The second kappa shape index (κ2) is 4.05. The summed E-state index contributed by atoms with van der Waals surface area (Å²) in [6.45, 7) is 1.42. The highest BCUT2D eigenvalue weighted by Gasteiger charge is 2.09. The fraction of sp³-hybridized carbons (Fsp3) is 0.300. The monoisotopic (exact) mass is 180 g/mol. The van der Waals surface area contributed by atoms with E-state index in [9.17, 15) is 9.90 Å². The van der Waals surface area contributed by atoms with Crippen molar-refractivity contribution in [3.8, 4) is 5.75 Å². The van der Waals surface area contributed by atoms with Crippen LogP contribution >= 0.6 is 0 Å². The van der Waals surface area contributed by atoms with Crippen LogP contribution in [0.1, 0.15) is 25.0 Å². The van der Waals surface area contributed by atoms with E-state index in [0.29, 0.717) is 5.56 Å². The first-order valence-corrected chi connectivity index (χ1v) is 4.06. The van der Waals surface area contributed by atoms with E-state index in [1.807, 2.05) is 0 Å². The van der Waals surface area contributed by atoms with Gasteiger partial charge in [-0.1, -0.05) is 12.1 Å². The van der Waals surface area contributed by atoms with E-state index in [1.54, 1.807) is 12.1 Å². The Hall–Kier alpha value is -1.35. The predicted octanol–water partition coefficient (Wildman–Crippen LogP) is 1.40. The zero-order valence-corrected chi connectivity index (χ0v) is 7.40. The average Bonchev–Trinajstić information content (AvgIpc) is 2.03. The van der Waals surface area contributed by atoms with Crippen LogP contribution in [0.5, 0.6) is 5.75 Å². The second-order valence-electron chi connectivity index (χ2n) is 3.02. The Labute approximate surface area is 76.6 Å². The quantitative estimate of drug-likeness (QED) is 0.739. The molecule has 70 valence electrons. The summed E-state index contributed by atoms with van der Waals surface area (Å²) in [7, 11) is 0. The van der Waals surface area contributed by atoms with Crippen LogP contribution in [0.4, 0.5) is 0 Å². The number of aliphatic hydroxyl groups is 1.